The average molecular weight is 353 g/mol. The number of methoxy groups -OCH3 is 1. The Bertz CT molecular complexity index is 617. The molecule has 6 nitrogen and oxygen atoms in total. The van der Waals surface area contributed by atoms with E-state index in [-0.39, 0.29) is 5.78 Å². The van der Waals surface area contributed by atoms with Crippen molar-refractivity contribution in [2.24, 2.45) is 0 Å². The number of carbonyl (C=O) groups is 1. The number of hydrogen-bond donors (Lipinski definition) is 1. The molecule has 0 aliphatic heterocycles. The molecule has 23 heavy (non-hydrogen) atoms. The van der Waals surface area contributed by atoms with Crippen molar-refractivity contribution in [3.8, 4) is 5.75 Å². The summed E-state index contributed by atoms with van der Waals surface area (Å²) >= 11 is 2.82. The highest BCUT2D eigenvalue weighted by molar-refractivity contribution is 8.01. The van der Waals surface area contributed by atoms with Gasteiger partial charge in [-0.2, -0.15) is 0 Å². The highest BCUT2D eigenvalue weighted by Crippen LogP contribution is 2.26. The maximum Gasteiger partial charge on any atom is 0.206 e. The first-order valence-electron chi connectivity index (χ1n) is 7.18. The largest absolute Gasteiger partial charge is 0.494 e. The Morgan fingerprint density at radius 2 is 2.09 bits per heavy atom. The molecule has 8 heteroatoms. The fourth-order valence-electron chi connectivity index (χ4n) is 1.71. The molecule has 0 saturated carbocycles. The Labute approximate surface area is 143 Å². The van der Waals surface area contributed by atoms with E-state index in [0.29, 0.717) is 31.1 Å². The molecular formula is C15H19N3O3S2. The van der Waals surface area contributed by atoms with E-state index >= 15 is 0 Å². The fourth-order valence-corrected chi connectivity index (χ4v) is 3.39. The molecule has 2 aromatic rings. The molecule has 0 amide bonds. The van der Waals surface area contributed by atoms with Crippen LogP contribution in [0.5, 0.6) is 5.75 Å². The van der Waals surface area contributed by atoms with Crippen molar-refractivity contribution in [2.75, 3.05) is 37.9 Å². The van der Waals surface area contributed by atoms with Gasteiger partial charge in [0.15, 0.2) is 10.1 Å². The number of ether oxygens (including phenoxy) is 2. The molecule has 2 rings (SSSR count). The number of aromatic nitrogens is 2. The van der Waals surface area contributed by atoms with E-state index in [1.54, 1.807) is 19.2 Å². The molecule has 0 unspecified atom stereocenters. The lowest BCUT2D eigenvalue weighted by molar-refractivity contribution is 0.102. The first-order chi connectivity index (χ1) is 11.2. The fraction of sp³-hybridized carbons (Fsp3) is 0.400. The molecular weight excluding hydrogens is 334 g/mol. The van der Waals surface area contributed by atoms with E-state index in [1.165, 1.54) is 23.1 Å². The Balaban J connectivity index is 1.81. The minimum absolute atomic E-state index is 0.0575. The molecule has 0 atom stereocenters. The van der Waals surface area contributed by atoms with E-state index in [2.05, 4.69) is 15.5 Å². The average Bonchev–Trinajstić information content (AvgIpc) is 3.02. The molecule has 1 heterocycles. The van der Waals surface area contributed by atoms with E-state index in [1.807, 2.05) is 19.1 Å². The molecule has 1 aromatic carbocycles. The van der Waals surface area contributed by atoms with Crippen molar-refractivity contribution in [1.29, 1.82) is 0 Å². The standard InChI is InChI=1S/C15H19N3O3S2/c1-3-21-12-6-4-11(5-7-12)13(19)10-22-15-18-17-14(23-15)16-8-9-20-2/h4-7H,3,8-10H2,1-2H3,(H,16,17). The van der Waals surface area contributed by atoms with Crippen LogP contribution in [0.4, 0.5) is 5.13 Å². The molecule has 1 N–H and O–H groups in total. The third kappa shape index (κ3) is 5.81. The molecule has 0 radical (unpaired) electrons. The van der Waals surface area contributed by atoms with Crippen LogP contribution < -0.4 is 10.1 Å². The summed E-state index contributed by atoms with van der Waals surface area (Å²) in [5.41, 5.74) is 0.670. The van der Waals surface area contributed by atoms with Gasteiger partial charge in [0.25, 0.3) is 0 Å². The topological polar surface area (TPSA) is 73.3 Å². The zero-order valence-electron chi connectivity index (χ0n) is 13.1. The SMILES string of the molecule is CCOc1ccc(C(=O)CSc2nnc(NCCOC)s2)cc1. The lowest BCUT2D eigenvalue weighted by Gasteiger charge is -2.03. The normalized spacial score (nSPS) is 10.5. The van der Waals surface area contributed by atoms with Crippen molar-refractivity contribution in [1.82, 2.24) is 10.2 Å². The summed E-state index contributed by atoms with van der Waals surface area (Å²) in [5.74, 6) is 1.16. The molecule has 0 saturated heterocycles. The number of hydrogen-bond acceptors (Lipinski definition) is 8. The highest BCUT2D eigenvalue weighted by atomic mass is 32.2. The van der Waals surface area contributed by atoms with Gasteiger partial charge in [0.2, 0.25) is 5.13 Å². The highest BCUT2D eigenvalue weighted by Gasteiger charge is 2.10. The number of ketones is 1. The predicted octanol–water partition coefficient (Wildman–Crippen LogP) is 2.97. The number of thioether (sulfide) groups is 1. The molecule has 0 fully saturated rings. The summed E-state index contributed by atoms with van der Waals surface area (Å²) in [6.07, 6.45) is 0. The molecule has 0 spiro atoms. The quantitative estimate of drug-likeness (QED) is 0.400. The van der Waals surface area contributed by atoms with Crippen molar-refractivity contribution >= 4 is 34.0 Å². The zero-order valence-corrected chi connectivity index (χ0v) is 14.7. The predicted molar refractivity (Wildman–Crippen MR) is 92.9 cm³/mol. The van der Waals surface area contributed by atoms with Gasteiger partial charge in [0.1, 0.15) is 5.75 Å². The first kappa shape index (κ1) is 17.7. The van der Waals surface area contributed by atoms with E-state index < -0.39 is 0 Å². The summed E-state index contributed by atoms with van der Waals surface area (Å²) in [4.78, 5) is 12.2. The Kier molecular flexibility index (Phi) is 7.31. The summed E-state index contributed by atoms with van der Waals surface area (Å²) in [6, 6.07) is 7.19. The minimum Gasteiger partial charge on any atom is -0.494 e. The van der Waals surface area contributed by atoms with Crippen molar-refractivity contribution in [2.45, 2.75) is 11.3 Å². The van der Waals surface area contributed by atoms with Crippen molar-refractivity contribution in [3.63, 3.8) is 0 Å². The lowest BCUT2D eigenvalue weighted by atomic mass is 10.1. The summed E-state index contributed by atoms with van der Waals surface area (Å²) in [6.45, 7) is 3.83. The van der Waals surface area contributed by atoms with Crippen LogP contribution in [0.15, 0.2) is 28.6 Å². The van der Waals surface area contributed by atoms with Crippen LogP contribution in [-0.2, 0) is 4.74 Å². The van der Waals surface area contributed by atoms with E-state index in [9.17, 15) is 4.79 Å². The van der Waals surface area contributed by atoms with Gasteiger partial charge in [0.05, 0.1) is 19.0 Å². The zero-order chi connectivity index (χ0) is 16.5. The van der Waals surface area contributed by atoms with E-state index in [0.717, 1.165) is 15.2 Å². The maximum absolute atomic E-state index is 12.2. The third-order valence-corrected chi connectivity index (χ3v) is 4.82. The second kappa shape index (κ2) is 9.49. The Hall–Kier alpha value is -1.64. The van der Waals surface area contributed by atoms with Gasteiger partial charge in [-0.25, -0.2) is 0 Å². The molecule has 0 bridgehead atoms. The number of nitrogens with one attached hydrogen (secondary N) is 1. The molecule has 124 valence electrons. The number of benzene rings is 1. The van der Waals surface area contributed by atoms with Crippen LogP contribution in [0.1, 0.15) is 17.3 Å². The van der Waals surface area contributed by atoms with Crippen LogP contribution >= 0.6 is 23.1 Å². The van der Waals surface area contributed by atoms with Crippen LogP contribution in [-0.4, -0.2) is 48.6 Å². The van der Waals surface area contributed by atoms with Gasteiger partial charge in [-0.1, -0.05) is 23.1 Å². The van der Waals surface area contributed by atoms with Gasteiger partial charge in [0, 0.05) is 19.2 Å². The summed E-state index contributed by atoms with van der Waals surface area (Å²) < 4.78 is 11.1. The van der Waals surface area contributed by atoms with Crippen LogP contribution in [0.3, 0.4) is 0 Å². The number of carbonyl (C=O) groups excluding carboxylic acids is 1. The smallest absolute Gasteiger partial charge is 0.206 e. The Morgan fingerprint density at radius 3 is 2.78 bits per heavy atom. The number of Topliss-reactive ketones (excluding diaryl/α,β-unsaturated/α-hetero) is 1. The first-order valence-corrected chi connectivity index (χ1v) is 8.98. The number of nitrogens with zero attached hydrogens (tertiary/aromatic N) is 2. The van der Waals surface area contributed by atoms with Crippen LogP contribution in [0, 0.1) is 0 Å². The minimum atomic E-state index is 0.0575. The monoisotopic (exact) mass is 353 g/mol. The summed E-state index contributed by atoms with van der Waals surface area (Å²) in [5, 5.41) is 11.9. The van der Waals surface area contributed by atoms with Gasteiger partial charge >= 0.3 is 0 Å². The van der Waals surface area contributed by atoms with Crippen LogP contribution in [0.25, 0.3) is 0 Å². The second-order valence-corrected chi connectivity index (χ2v) is 6.66. The van der Waals surface area contributed by atoms with E-state index in [4.69, 9.17) is 9.47 Å². The van der Waals surface area contributed by atoms with Crippen LogP contribution in [0.2, 0.25) is 0 Å². The second-order valence-electron chi connectivity index (χ2n) is 4.46. The lowest BCUT2D eigenvalue weighted by Crippen LogP contribution is -2.06. The molecule has 0 aliphatic carbocycles. The molecule has 0 aliphatic rings. The maximum atomic E-state index is 12.2. The van der Waals surface area contributed by atoms with Gasteiger partial charge in [-0.05, 0) is 31.2 Å². The molecule has 1 aromatic heterocycles. The van der Waals surface area contributed by atoms with Gasteiger partial charge in [-0.15, -0.1) is 10.2 Å². The Morgan fingerprint density at radius 1 is 1.30 bits per heavy atom. The van der Waals surface area contributed by atoms with Gasteiger partial charge < -0.3 is 14.8 Å². The summed E-state index contributed by atoms with van der Waals surface area (Å²) in [7, 11) is 1.65. The van der Waals surface area contributed by atoms with Crippen molar-refractivity contribution < 1.29 is 14.3 Å². The number of rotatable bonds is 10. The van der Waals surface area contributed by atoms with Crippen molar-refractivity contribution in [3.05, 3.63) is 29.8 Å². The third-order valence-electron chi connectivity index (χ3n) is 2.80. The number of anilines is 1. The van der Waals surface area contributed by atoms with Gasteiger partial charge in [-0.3, -0.25) is 4.79 Å².